The molecule has 1 N–H and O–H groups in total. The monoisotopic (exact) mass is 194 g/mol. The fourth-order valence-electron chi connectivity index (χ4n) is 0.938. The molecule has 66 valence electrons. The van der Waals surface area contributed by atoms with Crippen LogP contribution in [0.4, 0.5) is 5.82 Å². The summed E-state index contributed by atoms with van der Waals surface area (Å²) in [5.41, 5.74) is 2.98. The van der Waals surface area contributed by atoms with E-state index in [4.69, 9.17) is 11.6 Å². The van der Waals surface area contributed by atoms with Gasteiger partial charge in [-0.2, -0.15) is 0 Å². The Bertz CT molecular complexity index is 344. The first kappa shape index (κ1) is 8.07. The van der Waals surface area contributed by atoms with E-state index in [1.807, 2.05) is 18.4 Å². The summed E-state index contributed by atoms with van der Waals surface area (Å²) in [6, 6.07) is 3.48. The summed E-state index contributed by atoms with van der Waals surface area (Å²) in [4.78, 5) is 0. The lowest BCUT2D eigenvalue weighted by Gasteiger charge is -2.19. The SMILES string of the molecule is Clc1ccc(N2C=CC=CN2)nn1. The highest BCUT2D eigenvalue weighted by Crippen LogP contribution is 2.11. The number of nitrogens with one attached hydrogen (secondary N) is 1. The molecule has 1 aromatic rings. The van der Waals surface area contributed by atoms with Gasteiger partial charge in [0.2, 0.25) is 0 Å². The van der Waals surface area contributed by atoms with Gasteiger partial charge in [-0.1, -0.05) is 11.6 Å². The maximum atomic E-state index is 5.61. The van der Waals surface area contributed by atoms with Gasteiger partial charge in [-0.3, -0.25) is 0 Å². The molecule has 1 aromatic heterocycles. The molecule has 0 aromatic carbocycles. The summed E-state index contributed by atoms with van der Waals surface area (Å²) in [6.45, 7) is 0. The second-order valence-corrected chi connectivity index (χ2v) is 2.80. The molecule has 2 heterocycles. The molecule has 1 aliphatic heterocycles. The maximum absolute atomic E-state index is 5.61. The minimum absolute atomic E-state index is 0.389. The molecular formula is C8H7ClN4. The van der Waals surface area contributed by atoms with Crippen LogP contribution in [0, 0.1) is 0 Å². The van der Waals surface area contributed by atoms with E-state index in [1.165, 1.54) is 0 Å². The molecule has 0 radical (unpaired) electrons. The molecule has 0 aliphatic carbocycles. The fraction of sp³-hybridized carbons (Fsp3) is 0. The first-order chi connectivity index (χ1) is 6.36. The van der Waals surface area contributed by atoms with E-state index < -0.39 is 0 Å². The van der Waals surface area contributed by atoms with Crippen molar-refractivity contribution in [3.63, 3.8) is 0 Å². The molecule has 0 unspecified atom stereocenters. The summed E-state index contributed by atoms with van der Waals surface area (Å²) >= 11 is 5.61. The minimum Gasteiger partial charge on any atom is -0.300 e. The predicted molar refractivity (Wildman–Crippen MR) is 50.9 cm³/mol. The molecule has 0 atom stereocenters. The van der Waals surface area contributed by atoms with Gasteiger partial charge in [0.1, 0.15) is 0 Å². The Morgan fingerprint density at radius 3 is 2.77 bits per heavy atom. The smallest absolute Gasteiger partial charge is 0.173 e. The number of rotatable bonds is 1. The normalized spacial score (nSPS) is 14.4. The van der Waals surface area contributed by atoms with E-state index in [9.17, 15) is 0 Å². The average molecular weight is 195 g/mol. The molecular weight excluding hydrogens is 188 g/mol. The lowest BCUT2D eigenvalue weighted by Crippen LogP contribution is -2.30. The van der Waals surface area contributed by atoms with Crippen LogP contribution in [0.3, 0.4) is 0 Å². The zero-order valence-electron chi connectivity index (χ0n) is 6.68. The highest BCUT2D eigenvalue weighted by Gasteiger charge is 2.03. The van der Waals surface area contributed by atoms with Gasteiger partial charge < -0.3 is 5.43 Å². The standard InChI is InChI=1S/C8H7ClN4/c9-7-3-4-8(12-11-7)13-6-2-1-5-10-13/h1-6,10H. The number of aromatic nitrogens is 2. The van der Waals surface area contributed by atoms with Crippen LogP contribution < -0.4 is 10.4 Å². The van der Waals surface area contributed by atoms with Crippen LogP contribution in [0.5, 0.6) is 0 Å². The lowest BCUT2D eigenvalue weighted by atomic mass is 10.5. The minimum atomic E-state index is 0.389. The number of hydrogen-bond donors (Lipinski definition) is 1. The third kappa shape index (κ3) is 1.78. The number of halogens is 1. The van der Waals surface area contributed by atoms with Crippen LogP contribution in [-0.4, -0.2) is 10.2 Å². The number of allylic oxidation sites excluding steroid dienone is 2. The molecule has 13 heavy (non-hydrogen) atoms. The van der Waals surface area contributed by atoms with Crippen molar-refractivity contribution in [3.8, 4) is 0 Å². The summed E-state index contributed by atoms with van der Waals surface area (Å²) in [5.74, 6) is 0.699. The van der Waals surface area contributed by atoms with E-state index in [2.05, 4.69) is 15.6 Å². The van der Waals surface area contributed by atoms with Gasteiger partial charge in [0, 0.05) is 12.4 Å². The van der Waals surface area contributed by atoms with E-state index in [-0.39, 0.29) is 0 Å². The molecule has 0 bridgehead atoms. The number of nitrogens with zero attached hydrogens (tertiary/aromatic N) is 3. The summed E-state index contributed by atoms with van der Waals surface area (Å²) in [7, 11) is 0. The first-order valence-electron chi connectivity index (χ1n) is 3.74. The highest BCUT2D eigenvalue weighted by molar-refractivity contribution is 6.29. The predicted octanol–water partition coefficient (Wildman–Crippen LogP) is 1.48. The zero-order valence-corrected chi connectivity index (χ0v) is 7.44. The van der Waals surface area contributed by atoms with Crippen LogP contribution >= 0.6 is 11.6 Å². The molecule has 0 spiro atoms. The van der Waals surface area contributed by atoms with Crippen molar-refractivity contribution in [1.82, 2.24) is 15.6 Å². The van der Waals surface area contributed by atoms with E-state index in [1.54, 1.807) is 23.3 Å². The van der Waals surface area contributed by atoms with Gasteiger partial charge in [0.15, 0.2) is 11.0 Å². The van der Waals surface area contributed by atoms with Gasteiger partial charge in [-0.25, -0.2) is 5.01 Å². The first-order valence-corrected chi connectivity index (χ1v) is 4.12. The van der Waals surface area contributed by atoms with E-state index >= 15 is 0 Å². The quantitative estimate of drug-likeness (QED) is 0.736. The van der Waals surface area contributed by atoms with Crippen molar-refractivity contribution in [2.75, 3.05) is 5.01 Å². The lowest BCUT2D eigenvalue weighted by molar-refractivity contribution is 0.827. The molecule has 2 rings (SSSR count). The molecule has 5 heteroatoms. The number of hydrogen-bond acceptors (Lipinski definition) is 4. The topological polar surface area (TPSA) is 41.0 Å². The van der Waals surface area contributed by atoms with Gasteiger partial charge in [-0.15, -0.1) is 10.2 Å². The Morgan fingerprint density at radius 1 is 1.23 bits per heavy atom. The summed E-state index contributed by atoms with van der Waals surface area (Å²) < 4.78 is 0. The molecule has 0 saturated heterocycles. The van der Waals surface area contributed by atoms with Crippen LogP contribution in [0.25, 0.3) is 0 Å². The molecule has 1 aliphatic rings. The molecule has 0 saturated carbocycles. The zero-order chi connectivity index (χ0) is 9.10. The fourth-order valence-corrected chi connectivity index (χ4v) is 1.04. The third-order valence-electron chi connectivity index (χ3n) is 1.52. The molecule has 0 amide bonds. The van der Waals surface area contributed by atoms with Crippen LogP contribution in [0.2, 0.25) is 5.15 Å². The van der Waals surface area contributed by atoms with Crippen molar-refractivity contribution < 1.29 is 0 Å². The van der Waals surface area contributed by atoms with Crippen molar-refractivity contribution in [2.45, 2.75) is 0 Å². The second kappa shape index (κ2) is 3.45. The Kier molecular flexibility index (Phi) is 2.14. The van der Waals surface area contributed by atoms with Gasteiger partial charge in [0.25, 0.3) is 0 Å². The van der Waals surface area contributed by atoms with Crippen molar-refractivity contribution >= 4 is 17.4 Å². The van der Waals surface area contributed by atoms with Crippen molar-refractivity contribution in [2.24, 2.45) is 0 Å². The maximum Gasteiger partial charge on any atom is 0.173 e. The average Bonchev–Trinajstić information content (AvgIpc) is 2.20. The van der Waals surface area contributed by atoms with Gasteiger partial charge in [-0.05, 0) is 24.3 Å². The van der Waals surface area contributed by atoms with Gasteiger partial charge in [0.05, 0.1) is 0 Å². The summed E-state index contributed by atoms with van der Waals surface area (Å²) in [5, 5.41) is 9.76. The van der Waals surface area contributed by atoms with Crippen molar-refractivity contribution in [1.29, 1.82) is 0 Å². The molecule has 0 fully saturated rings. The van der Waals surface area contributed by atoms with E-state index in [0.717, 1.165) is 0 Å². The third-order valence-corrected chi connectivity index (χ3v) is 1.72. The Labute approximate surface area is 80.5 Å². The van der Waals surface area contributed by atoms with Crippen molar-refractivity contribution in [3.05, 3.63) is 41.8 Å². The molecule has 4 nitrogen and oxygen atoms in total. The van der Waals surface area contributed by atoms with Crippen LogP contribution in [0.1, 0.15) is 0 Å². The Hall–Kier alpha value is -1.55. The Morgan fingerprint density at radius 2 is 2.15 bits per heavy atom. The summed E-state index contributed by atoms with van der Waals surface area (Å²) in [6.07, 6.45) is 7.43. The Balaban J connectivity index is 2.21. The van der Waals surface area contributed by atoms with Gasteiger partial charge >= 0.3 is 0 Å². The van der Waals surface area contributed by atoms with Crippen LogP contribution in [0.15, 0.2) is 36.7 Å². The largest absolute Gasteiger partial charge is 0.300 e. The second-order valence-electron chi connectivity index (χ2n) is 2.41. The highest BCUT2D eigenvalue weighted by atomic mass is 35.5. The van der Waals surface area contributed by atoms with E-state index in [0.29, 0.717) is 11.0 Å². The van der Waals surface area contributed by atoms with Crippen LogP contribution in [-0.2, 0) is 0 Å². The number of anilines is 1. The number of hydrazine groups is 1.